The monoisotopic (exact) mass is 316 g/mol. The summed E-state index contributed by atoms with van der Waals surface area (Å²) < 4.78 is 1.21. The van der Waals surface area contributed by atoms with Gasteiger partial charge in [0, 0.05) is 9.13 Å². The van der Waals surface area contributed by atoms with Crippen molar-refractivity contribution in [2.75, 3.05) is 0 Å². The van der Waals surface area contributed by atoms with E-state index in [2.05, 4.69) is 28.7 Å². The zero-order chi connectivity index (χ0) is 10.7. The Labute approximate surface area is 105 Å². The molecule has 2 rings (SSSR count). The number of aromatic hydroxyl groups is 1. The summed E-state index contributed by atoms with van der Waals surface area (Å²) in [6.07, 6.45) is 7.87. The fourth-order valence-electron chi connectivity index (χ4n) is 2.43. The Hall–Kier alpha value is -0.250. The minimum atomic E-state index is 0.479. The molecule has 0 radical (unpaired) electrons. The smallest absolute Gasteiger partial charge is 0.119 e. The molecule has 0 bridgehead atoms. The summed E-state index contributed by atoms with van der Waals surface area (Å²) in [5.41, 5.74) is 1.16. The molecule has 82 valence electrons. The molecule has 0 amide bonds. The van der Waals surface area contributed by atoms with Gasteiger partial charge in [-0.25, -0.2) is 0 Å². The van der Waals surface area contributed by atoms with E-state index in [-0.39, 0.29) is 0 Å². The van der Waals surface area contributed by atoms with Gasteiger partial charge in [0.15, 0.2) is 0 Å². The second-order valence-electron chi connectivity index (χ2n) is 4.45. The molecule has 1 aliphatic rings. The van der Waals surface area contributed by atoms with E-state index in [0.29, 0.717) is 5.75 Å². The summed E-state index contributed by atoms with van der Waals surface area (Å²) >= 11 is 2.32. The Morgan fingerprint density at radius 3 is 2.60 bits per heavy atom. The number of benzene rings is 1. The minimum absolute atomic E-state index is 0.479. The fourth-order valence-corrected chi connectivity index (χ4v) is 3.13. The Morgan fingerprint density at radius 2 is 1.93 bits per heavy atom. The fraction of sp³-hybridized carbons (Fsp3) is 0.538. The molecule has 0 aliphatic heterocycles. The van der Waals surface area contributed by atoms with Crippen molar-refractivity contribution in [2.45, 2.75) is 38.5 Å². The van der Waals surface area contributed by atoms with Crippen LogP contribution in [0.3, 0.4) is 0 Å². The number of phenolic OH excluding ortho intramolecular Hbond substituents is 1. The molecule has 0 unspecified atom stereocenters. The standard InChI is InChI=1S/C13H17IO/c14-12-7-4-8-13(15)11(12)9-10-5-2-1-3-6-10/h4,7-8,10,15H,1-3,5-6,9H2. The molecule has 1 aromatic rings. The molecule has 1 nitrogen and oxygen atoms in total. The lowest BCUT2D eigenvalue weighted by Crippen LogP contribution is -2.10. The highest BCUT2D eigenvalue weighted by atomic mass is 127. The van der Waals surface area contributed by atoms with Crippen molar-refractivity contribution in [1.82, 2.24) is 0 Å². The van der Waals surface area contributed by atoms with Crippen LogP contribution in [0.25, 0.3) is 0 Å². The van der Waals surface area contributed by atoms with E-state index < -0.39 is 0 Å². The van der Waals surface area contributed by atoms with E-state index in [1.807, 2.05) is 6.07 Å². The quantitative estimate of drug-likeness (QED) is 0.814. The molecule has 0 saturated heterocycles. The topological polar surface area (TPSA) is 20.2 Å². The molecular formula is C13H17IO. The molecule has 0 aromatic heterocycles. The van der Waals surface area contributed by atoms with Crippen molar-refractivity contribution in [3.05, 3.63) is 27.3 Å². The first-order chi connectivity index (χ1) is 7.27. The van der Waals surface area contributed by atoms with Crippen LogP contribution in [0.5, 0.6) is 5.75 Å². The molecule has 1 fully saturated rings. The SMILES string of the molecule is Oc1cccc(I)c1CC1CCCCC1. The molecule has 0 atom stereocenters. The number of rotatable bonds is 2. The van der Waals surface area contributed by atoms with Crippen molar-refractivity contribution in [3.63, 3.8) is 0 Å². The Kier molecular flexibility index (Phi) is 3.89. The molecule has 2 heteroatoms. The average Bonchev–Trinajstić information content (AvgIpc) is 2.25. The number of halogens is 1. The first-order valence-electron chi connectivity index (χ1n) is 5.73. The Bertz CT molecular complexity index is 309. The summed E-state index contributed by atoms with van der Waals surface area (Å²) in [5.74, 6) is 1.27. The molecule has 1 saturated carbocycles. The summed E-state index contributed by atoms with van der Waals surface area (Å²) in [7, 11) is 0. The number of phenols is 1. The molecule has 1 aliphatic carbocycles. The highest BCUT2D eigenvalue weighted by Crippen LogP contribution is 2.31. The van der Waals surface area contributed by atoms with Crippen LogP contribution in [0.4, 0.5) is 0 Å². The van der Waals surface area contributed by atoms with E-state index >= 15 is 0 Å². The lowest BCUT2D eigenvalue weighted by atomic mass is 9.85. The van der Waals surface area contributed by atoms with Gasteiger partial charge in [-0.3, -0.25) is 0 Å². The second kappa shape index (κ2) is 5.19. The zero-order valence-electron chi connectivity index (χ0n) is 8.88. The van der Waals surface area contributed by atoms with E-state index in [1.54, 1.807) is 6.07 Å². The van der Waals surface area contributed by atoms with E-state index in [0.717, 1.165) is 17.9 Å². The van der Waals surface area contributed by atoms with E-state index in [4.69, 9.17) is 0 Å². The molecule has 0 spiro atoms. The van der Waals surface area contributed by atoms with Gasteiger partial charge in [0.1, 0.15) is 5.75 Å². The average molecular weight is 316 g/mol. The van der Waals surface area contributed by atoms with Gasteiger partial charge in [0.05, 0.1) is 0 Å². The second-order valence-corrected chi connectivity index (χ2v) is 5.61. The molecule has 15 heavy (non-hydrogen) atoms. The van der Waals surface area contributed by atoms with Gasteiger partial charge in [-0.1, -0.05) is 38.2 Å². The van der Waals surface area contributed by atoms with Gasteiger partial charge >= 0.3 is 0 Å². The van der Waals surface area contributed by atoms with Crippen LogP contribution in [0.15, 0.2) is 18.2 Å². The van der Waals surface area contributed by atoms with Gasteiger partial charge in [-0.2, -0.15) is 0 Å². The van der Waals surface area contributed by atoms with Crippen LogP contribution in [0.1, 0.15) is 37.7 Å². The van der Waals surface area contributed by atoms with Crippen molar-refractivity contribution in [3.8, 4) is 5.75 Å². The summed E-state index contributed by atoms with van der Waals surface area (Å²) in [4.78, 5) is 0. The summed E-state index contributed by atoms with van der Waals surface area (Å²) in [6, 6.07) is 5.81. The zero-order valence-corrected chi connectivity index (χ0v) is 11.0. The third kappa shape index (κ3) is 2.86. The maximum Gasteiger partial charge on any atom is 0.119 e. The first kappa shape index (κ1) is 11.2. The van der Waals surface area contributed by atoms with Gasteiger partial charge in [-0.15, -0.1) is 0 Å². The summed E-state index contributed by atoms with van der Waals surface area (Å²) in [5, 5.41) is 9.82. The van der Waals surface area contributed by atoms with Crippen molar-refractivity contribution >= 4 is 22.6 Å². The van der Waals surface area contributed by atoms with Crippen molar-refractivity contribution < 1.29 is 5.11 Å². The minimum Gasteiger partial charge on any atom is -0.508 e. The summed E-state index contributed by atoms with van der Waals surface area (Å²) in [6.45, 7) is 0. The highest BCUT2D eigenvalue weighted by molar-refractivity contribution is 14.1. The third-order valence-corrected chi connectivity index (χ3v) is 4.32. The van der Waals surface area contributed by atoms with Crippen molar-refractivity contribution in [1.29, 1.82) is 0 Å². The van der Waals surface area contributed by atoms with Crippen LogP contribution in [0.2, 0.25) is 0 Å². The third-order valence-electron chi connectivity index (χ3n) is 3.31. The van der Waals surface area contributed by atoms with Crippen LogP contribution in [0, 0.1) is 9.49 Å². The lowest BCUT2D eigenvalue weighted by molar-refractivity contribution is 0.351. The molecule has 1 N–H and O–H groups in total. The van der Waals surface area contributed by atoms with E-state index in [1.165, 1.54) is 35.7 Å². The van der Waals surface area contributed by atoms with Gasteiger partial charge in [0.2, 0.25) is 0 Å². The van der Waals surface area contributed by atoms with Crippen molar-refractivity contribution in [2.24, 2.45) is 5.92 Å². The molecular weight excluding hydrogens is 299 g/mol. The van der Waals surface area contributed by atoms with Gasteiger partial charge in [-0.05, 0) is 47.1 Å². The van der Waals surface area contributed by atoms with E-state index in [9.17, 15) is 5.11 Å². The lowest BCUT2D eigenvalue weighted by Gasteiger charge is -2.22. The Balaban J connectivity index is 2.09. The maximum atomic E-state index is 9.82. The van der Waals surface area contributed by atoms with Crippen LogP contribution >= 0.6 is 22.6 Å². The van der Waals surface area contributed by atoms with Gasteiger partial charge in [0.25, 0.3) is 0 Å². The first-order valence-corrected chi connectivity index (χ1v) is 6.81. The largest absolute Gasteiger partial charge is 0.508 e. The van der Waals surface area contributed by atoms with Crippen LogP contribution in [-0.2, 0) is 6.42 Å². The molecule has 0 heterocycles. The highest BCUT2D eigenvalue weighted by Gasteiger charge is 2.16. The predicted octanol–water partition coefficient (Wildman–Crippen LogP) is 4.12. The number of hydrogen-bond acceptors (Lipinski definition) is 1. The van der Waals surface area contributed by atoms with Gasteiger partial charge < -0.3 is 5.11 Å². The Morgan fingerprint density at radius 1 is 1.20 bits per heavy atom. The number of hydrogen-bond donors (Lipinski definition) is 1. The maximum absolute atomic E-state index is 9.82. The van der Waals surface area contributed by atoms with Crippen LogP contribution in [-0.4, -0.2) is 5.11 Å². The van der Waals surface area contributed by atoms with Crippen LogP contribution < -0.4 is 0 Å². The normalized spacial score (nSPS) is 17.9. The molecule has 1 aromatic carbocycles. The predicted molar refractivity (Wildman–Crippen MR) is 71.1 cm³/mol.